The highest BCUT2D eigenvalue weighted by molar-refractivity contribution is 9.10. The largest absolute Gasteiger partial charge is 0.361 e. The normalized spacial score (nSPS) is 12.9. The van der Waals surface area contributed by atoms with Crippen molar-refractivity contribution in [2.24, 2.45) is 0 Å². The van der Waals surface area contributed by atoms with Crippen LogP contribution >= 0.6 is 15.9 Å². The zero-order chi connectivity index (χ0) is 19.6. The summed E-state index contributed by atoms with van der Waals surface area (Å²) in [5.74, 6) is -1.43. The Bertz CT molecular complexity index is 939. The standard InChI is InChI=1S/C17H15BrN4O5/c1-9-6-13(21-27-9)15(24)20-5-4-19-14(23)8-22-16(25)11-3-2-10(18)7-12(11)17(22)26/h2-3,6-7H,4-5,8H2,1H3,(H,19,23)(H,20,24). The molecule has 140 valence electrons. The lowest BCUT2D eigenvalue weighted by atomic mass is 10.1. The van der Waals surface area contributed by atoms with E-state index in [1.165, 1.54) is 6.07 Å². The molecule has 9 nitrogen and oxygen atoms in total. The molecule has 0 aliphatic carbocycles. The summed E-state index contributed by atoms with van der Waals surface area (Å²) in [5, 5.41) is 8.70. The second kappa shape index (κ2) is 7.70. The van der Waals surface area contributed by atoms with Crippen molar-refractivity contribution in [3.8, 4) is 0 Å². The van der Waals surface area contributed by atoms with E-state index in [-0.39, 0.29) is 36.5 Å². The van der Waals surface area contributed by atoms with Gasteiger partial charge in [-0.1, -0.05) is 21.1 Å². The van der Waals surface area contributed by atoms with Crippen molar-refractivity contribution >= 4 is 39.6 Å². The number of amides is 4. The van der Waals surface area contributed by atoms with Crippen molar-refractivity contribution in [2.45, 2.75) is 6.92 Å². The van der Waals surface area contributed by atoms with Gasteiger partial charge in [-0.15, -0.1) is 0 Å². The van der Waals surface area contributed by atoms with Crippen LogP contribution in [0.25, 0.3) is 0 Å². The van der Waals surface area contributed by atoms with E-state index < -0.39 is 23.6 Å². The summed E-state index contributed by atoms with van der Waals surface area (Å²) in [6.45, 7) is 1.57. The SMILES string of the molecule is Cc1cc(C(=O)NCCNC(=O)CN2C(=O)c3ccc(Br)cc3C2=O)no1. The smallest absolute Gasteiger partial charge is 0.273 e. The number of hydrogen-bond acceptors (Lipinski definition) is 6. The summed E-state index contributed by atoms with van der Waals surface area (Å²) in [4.78, 5) is 49.3. The van der Waals surface area contributed by atoms with Gasteiger partial charge < -0.3 is 15.2 Å². The molecular formula is C17H15BrN4O5. The number of aromatic nitrogens is 1. The van der Waals surface area contributed by atoms with Gasteiger partial charge in [-0.05, 0) is 25.1 Å². The van der Waals surface area contributed by atoms with Crippen LogP contribution in [-0.2, 0) is 4.79 Å². The molecule has 3 rings (SSSR count). The summed E-state index contributed by atoms with van der Waals surface area (Å²) in [7, 11) is 0. The van der Waals surface area contributed by atoms with Gasteiger partial charge in [0.15, 0.2) is 5.69 Å². The Labute approximate surface area is 162 Å². The minimum absolute atomic E-state index is 0.135. The van der Waals surface area contributed by atoms with Crippen LogP contribution in [0.4, 0.5) is 0 Å². The lowest BCUT2D eigenvalue weighted by molar-refractivity contribution is -0.121. The highest BCUT2D eigenvalue weighted by atomic mass is 79.9. The van der Waals surface area contributed by atoms with E-state index in [1.807, 2.05) is 0 Å². The topological polar surface area (TPSA) is 122 Å². The van der Waals surface area contributed by atoms with Crippen LogP contribution in [0.2, 0.25) is 0 Å². The minimum Gasteiger partial charge on any atom is -0.361 e. The Balaban J connectivity index is 1.47. The monoisotopic (exact) mass is 434 g/mol. The van der Waals surface area contributed by atoms with E-state index in [1.54, 1.807) is 25.1 Å². The van der Waals surface area contributed by atoms with E-state index in [0.29, 0.717) is 10.2 Å². The Morgan fingerprint density at radius 3 is 2.52 bits per heavy atom. The molecule has 0 bridgehead atoms. The quantitative estimate of drug-likeness (QED) is 0.514. The Morgan fingerprint density at radius 2 is 1.81 bits per heavy atom. The molecule has 10 heteroatoms. The van der Waals surface area contributed by atoms with Crippen molar-refractivity contribution in [1.82, 2.24) is 20.7 Å². The average Bonchev–Trinajstić information content (AvgIpc) is 3.16. The molecule has 0 radical (unpaired) electrons. The average molecular weight is 435 g/mol. The molecule has 0 saturated carbocycles. The molecule has 4 amide bonds. The first-order valence-corrected chi connectivity index (χ1v) is 8.80. The fourth-order valence-electron chi connectivity index (χ4n) is 2.55. The van der Waals surface area contributed by atoms with Crippen LogP contribution in [0, 0.1) is 6.92 Å². The van der Waals surface area contributed by atoms with Crippen molar-refractivity contribution < 1.29 is 23.7 Å². The number of hydrogen-bond donors (Lipinski definition) is 2. The van der Waals surface area contributed by atoms with E-state index in [2.05, 4.69) is 31.7 Å². The Kier molecular flexibility index (Phi) is 5.36. The molecule has 0 unspecified atom stereocenters. The zero-order valence-electron chi connectivity index (χ0n) is 14.2. The molecule has 2 N–H and O–H groups in total. The third kappa shape index (κ3) is 4.05. The molecule has 0 spiro atoms. The number of benzene rings is 1. The third-order valence-corrected chi connectivity index (χ3v) is 4.32. The van der Waals surface area contributed by atoms with E-state index in [0.717, 1.165) is 4.90 Å². The van der Waals surface area contributed by atoms with Crippen LogP contribution in [0.3, 0.4) is 0 Å². The van der Waals surface area contributed by atoms with Gasteiger partial charge in [0.25, 0.3) is 17.7 Å². The number of halogens is 1. The van der Waals surface area contributed by atoms with Crippen molar-refractivity contribution in [3.63, 3.8) is 0 Å². The van der Waals surface area contributed by atoms with Crippen LogP contribution in [0.1, 0.15) is 37.0 Å². The summed E-state index contributed by atoms with van der Waals surface area (Å²) in [6.07, 6.45) is 0. The van der Waals surface area contributed by atoms with Gasteiger partial charge in [0.1, 0.15) is 12.3 Å². The van der Waals surface area contributed by atoms with E-state index in [9.17, 15) is 19.2 Å². The minimum atomic E-state index is -0.513. The lowest BCUT2D eigenvalue weighted by Crippen LogP contribution is -2.42. The van der Waals surface area contributed by atoms with E-state index >= 15 is 0 Å². The van der Waals surface area contributed by atoms with Crippen molar-refractivity contribution in [2.75, 3.05) is 19.6 Å². The number of nitrogens with one attached hydrogen (secondary N) is 2. The highest BCUT2D eigenvalue weighted by Gasteiger charge is 2.36. The molecule has 2 aromatic rings. The number of rotatable bonds is 6. The van der Waals surface area contributed by atoms with Gasteiger partial charge in [0, 0.05) is 23.6 Å². The predicted molar refractivity (Wildman–Crippen MR) is 96.1 cm³/mol. The Hall–Kier alpha value is -3.01. The first kappa shape index (κ1) is 18.8. The number of aryl methyl sites for hydroxylation is 1. The van der Waals surface area contributed by atoms with E-state index in [4.69, 9.17) is 4.52 Å². The van der Waals surface area contributed by atoms with Gasteiger partial charge in [-0.2, -0.15) is 0 Å². The summed E-state index contributed by atoms with van der Waals surface area (Å²) in [5.41, 5.74) is 0.680. The molecule has 1 aliphatic heterocycles. The van der Waals surface area contributed by atoms with Gasteiger partial charge in [-0.25, -0.2) is 0 Å². The molecule has 1 aromatic heterocycles. The number of nitrogens with zero attached hydrogens (tertiary/aromatic N) is 2. The summed E-state index contributed by atoms with van der Waals surface area (Å²) < 4.78 is 5.48. The highest BCUT2D eigenvalue weighted by Crippen LogP contribution is 2.25. The summed E-state index contributed by atoms with van der Waals surface area (Å²) in [6, 6.07) is 6.24. The molecule has 0 atom stereocenters. The maximum atomic E-state index is 12.3. The number of carbonyl (C=O) groups is 4. The maximum Gasteiger partial charge on any atom is 0.273 e. The fraction of sp³-hybridized carbons (Fsp3) is 0.235. The molecule has 0 saturated heterocycles. The fourth-order valence-corrected chi connectivity index (χ4v) is 2.91. The van der Waals surface area contributed by atoms with Crippen LogP contribution in [-0.4, -0.2) is 53.3 Å². The molecule has 1 aliphatic rings. The number of imide groups is 1. The predicted octanol–water partition coefficient (Wildman–Crippen LogP) is 0.888. The second-order valence-electron chi connectivity index (χ2n) is 5.82. The van der Waals surface area contributed by atoms with Crippen molar-refractivity contribution in [3.05, 3.63) is 51.3 Å². The third-order valence-electron chi connectivity index (χ3n) is 3.83. The summed E-state index contributed by atoms with van der Waals surface area (Å²) >= 11 is 3.25. The van der Waals surface area contributed by atoms with Crippen molar-refractivity contribution in [1.29, 1.82) is 0 Å². The number of fused-ring (bicyclic) bond motifs is 1. The zero-order valence-corrected chi connectivity index (χ0v) is 15.8. The first-order chi connectivity index (χ1) is 12.9. The van der Waals surface area contributed by atoms with Crippen LogP contribution in [0.5, 0.6) is 0 Å². The molecular weight excluding hydrogens is 420 g/mol. The molecule has 2 heterocycles. The maximum absolute atomic E-state index is 12.3. The van der Waals surface area contributed by atoms with Gasteiger partial charge in [0.05, 0.1) is 11.1 Å². The van der Waals surface area contributed by atoms with Crippen LogP contribution < -0.4 is 10.6 Å². The Morgan fingerprint density at radius 1 is 1.11 bits per heavy atom. The van der Waals surface area contributed by atoms with Gasteiger partial charge in [-0.3, -0.25) is 24.1 Å². The molecule has 1 aromatic carbocycles. The van der Waals surface area contributed by atoms with Gasteiger partial charge in [0.2, 0.25) is 5.91 Å². The molecule has 27 heavy (non-hydrogen) atoms. The first-order valence-electron chi connectivity index (χ1n) is 8.01. The number of carbonyl (C=O) groups excluding carboxylic acids is 4. The van der Waals surface area contributed by atoms with Crippen LogP contribution in [0.15, 0.2) is 33.3 Å². The van der Waals surface area contributed by atoms with Gasteiger partial charge >= 0.3 is 0 Å². The lowest BCUT2D eigenvalue weighted by Gasteiger charge is -2.13. The second-order valence-corrected chi connectivity index (χ2v) is 6.73. The molecule has 0 fully saturated rings.